The van der Waals surface area contributed by atoms with Crippen molar-refractivity contribution in [1.29, 1.82) is 0 Å². The number of carbonyl (C=O) groups excluding carboxylic acids is 4. The van der Waals surface area contributed by atoms with Crippen molar-refractivity contribution in [3.05, 3.63) is 79.9 Å². The maximum Gasteiger partial charge on any atom is 0.421 e. The van der Waals surface area contributed by atoms with Gasteiger partial charge in [0, 0.05) is 22.7 Å². The van der Waals surface area contributed by atoms with E-state index in [1.54, 1.807) is 41.5 Å². The van der Waals surface area contributed by atoms with Crippen LogP contribution in [0.15, 0.2) is 48.5 Å². The SMILES string of the molecule is CC(C)(C)OC(=O)N1C(=O)[C@@](CC[N+](=O)[O-])([C@]2(CC[N+](=O)[O-])C(=O)N(C(=O)OC(C)(C)C)c3ccccc32)c2ccccc21. The molecule has 0 aliphatic carbocycles. The van der Waals surface area contributed by atoms with Gasteiger partial charge in [-0.2, -0.15) is 0 Å². The van der Waals surface area contributed by atoms with Gasteiger partial charge in [0.1, 0.15) is 22.0 Å². The van der Waals surface area contributed by atoms with E-state index in [4.69, 9.17) is 9.47 Å². The average Bonchev–Trinajstić information content (AvgIpc) is 3.30. The number of nitro groups is 2. The predicted octanol–water partition coefficient (Wildman–Crippen LogP) is 4.76. The molecule has 2 aromatic rings. The van der Waals surface area contributed by atoms with Crippen LogP contribution >= 0.6 is 0 Å². The van der Waals surface area contributed by atoms with E-state index in [0.717, 1.165) is 9.80 Å². The molecule has 0 saturated carbocycles. The fourth-order valence-electron chi connectivity index (χ4n) is 6.12. The highest BCUT2D eigenvalue weighted by Gasteiger charge is 2.72. The molecule has 0 saturated heterocycles. The number of fused-ring (bicyclic) bond motifs is 2. The summed E-state index contributed by atoms with van der Waals surface area (Å²) in [5.41, 5.74) is -6.43. The Morgan fingerprint density at radius 1 is 0.682 bits per heavy atom. The van der Waals surface area contributed by atoms with Crippen molar-refractivity contribution in [3.63, 3.8) is 0 Å². The van der Waals surface area contributed by atoms with Crippen molar-refractivity contribution in [2.75, 3.05) is 22.9 Å². The molecule has 14 nitrogen and oxygen atoms in total. The van der Waals surface area contributed by atoms with E-state index in [1.807, 2.05) is 0 Å². The molecule has 0 fully saturated rings. The fourth-order valence-corrected chi connectivity index (χ4v) is 6.12. The lowest BCUT2D eigenvalue weighted by atomic mass is 9.54. The van der Waals surface area contributed by atoms with Crippen LogP contribution in [-0.2, 0) is 29.9 Å². The molecule has 2 aromatic carbocycles. The summed E-state index contributed by atoms with van der Waals surface area (Å²) in [7, 11) is 0. The molecule has 0 N–H and O–H groups in total. The van der Waals surface area contributed by atoms with E-state index in [2.05, 4.69) is 0 Å². The average molecular weight is 611 g/mol. The molecule has 0 aromatic heterocycles. The zero-order valence-corrected chi connectivity index (χ0v) is 25.3. The number of anilines is 2. The number of imide groups is 2. The first kappa shape index (κ1) is 32.0. The predicted molar refractivity (Wildman–Crippen MR) is 157 cm³/mol. The van der Waals surface area contributed by atoms with Crippen LogP contribution < -0.4 is 9.80 Å². The van der Waals surface area contributed by atoms with E-state index in [9.17, 15) is 39.4 Å². The highest BCUT2D eigenvalue weighted by atomic mass is 16.6. The molecule has 44 heavy (non-hydrogen) atoms. The highest BCUT2D eigenvalue weighted by Crippen LogP contribution is 2.61. The van der Waals surface area contributed by atoms with Crippen molar-refractivity contribution >= 4 is 35.4 Å². The molecule has 0 bridgehead atoms. The lowest BCUT2D eigenvalue weighted by Crippen LogP contribution is -2.62. The molecule has 4 rings (SSSR count). The van der Waals surface area contributed by atoms with Gasteiger partial charge in [-0.25, -0.2) is 19.4 Å². The van der Waals surface area contributed by atoms with Crippen LogP contribution in [0.3, 0.4) is 0 Å². The van der Waals surface area contributed by atoms with Gasteiger partial charge in [0.05, 0.1) is 11.4 Å². The first-order valence-electron chi connectivity index (χ1n) is 13.9. The molecule has 234 valence electrons. The highest BCUT2D eigenvalue weighted by molar-refractivity contribution is 6.28. The summed E-state index contributed by atoms with van der Waals surface area (Å²) >= 11 is 0. The first-order chi connectivity index (χ1) is 20.4. The third kappa shape index (κ3) is 5.24. The van der Waals surface area contributed by atoms with Gasteiger partial charge in [0.2, 0.25) is 24.9 Å². The number of nitrogens with zero attached hydrogens (tertiary/aromatic N) is 4. The van der Waals surface area contributed by atoms with Gasteiger partial charge < -0.3 is 9.47 Å². The third-order valence-corrected chi connectivity index (χ3v) is 7.57. The Morgan fingerprint density at radius 3 is 1.30 bits per heavy atom. The van der Waals surface area contributed by atoms with Crippen molar-refractivity contribution in [2.24, 2.45) is 0 Å². The number of hydrogen-bond donors (Lipinski definition) is 0. The Labute approximate surface area is 253 Å². The summed E-state index contributed by atoms with van der Waals surface area (Å²) in [6.07, 6.45) is -3.44. The number of benzene rings is 2. The summed E-state index contributed by atoms with van der Waals surface area (Å²) in [4.78, 5) is 80.7. The standard InChI is InChI=1S/C30H34N4O10/c1-27(2,3)43-25(37)33-21-13-9-7-11-19(21)29(23(33)35,15-17-31(39)40)30(16-18-32(41)42)20-12-8-10-14-22(20)34(24(30)36)26(38)44-28(4,5)6/h7-14H,15-18H2,1-6H3/t29-,30-/m0/s1. The Balaban J connectivity index is 2.10. The number of ether oxygens (including phenoxy) is 2. The van der Waals surface area contributed by atoms with Crippen molar-refractivity contribution in [2.45, 2.75) is 76.4 Å². The second-order valence-electron chi connectivity index (χ2n) is 12.7. The lowest BCUT2D eigenvalue weighted by Gasteiger charge is -2.43. The van der Waals surface area contributed by atoms with E-state index in [-0.39, 0.29) is 22.5 Å². The van der Waals surface area contributed by atoms with Gasteiger partial charge in [-0.15, -0.1) is 0 Å². The fraction of sp³-hybridized carbons (Fsp3) is 0.467. The Kier molecular flexibility index (Phi) is 8.01. The molecule has 2 aliphatic heterocycles. The molecule has 2 atom stereocenters. The molecule has 2 heterocycles. The quantitative estimate of drug-likeness (QED) is 0.313. The summed E-state index contributed by atoms with van der Waals surface area (Å²) in [5.74, 6) is -2.07. The topological polar surface area (TPSA) is 180 Å². The van der Waals surface area contributed by atoms with Crippen molar-refractivity contribution < 1.29 is 38.5 Å². The third-order valence-electron chi connectivity index (χ3n) is 7.57. The van der Waals surface area contributed by atoms with Crippen molar-refractivity contribution in [1.82, 2.24) is 0 Å². The van der Waals surface area contributed by atoms with Gasteiger partial charge in [-0.05, 0) is 64.8 Å². The normalized spacial score (nSPS) is 21.1. The molecular weight excluding hydrogens is 576 g/mol. The van der Waals surface area contributed by atoms with E-state index >= 15 is 0 Å². The molecule has 14 heteroatoms. The second-order valence-corrected chi connectivity index (χ2v) is 12.7. The first-order valence-corrected chi connectivity index (χ1v) is 13.9. The number of amides is 4. The van der Waals surface area contributed by atoms with Gasteiger partial charge in [0.15, 0.2) is 0 Å². The summed E-state index contributed by atoms with van der Waals surface area (Å²) in [5, 5.41) is 23.7. The van der Waals surface area contributed by atoms with Crippen LogP contribution in [-0.4, -0.2) is 58.1 Å². The Morgan fingerprint density at radius 2 is 1.00 bits per heavy atom. The second kappa shape index (κ2) is 11.0. The smallest absolute Gasteiger partial charge is 0.421 e. The molecule has 2 aliphatic rings. The number of rotatable bonds is 7. The summed E-state index contributed by atoms with van der Waals surface area (Å²) in [6.45, 7) is 7.85. The number of para-hydroxylation sites is 2. The summed E-state index contributed by atoms with van der Waals surface area (Å²) < 4.78 is 11.1. The van der Waals surface area contributed by atoms with Crippen LogP contribution in [0.5, 0.6) is 0 Å². The molecule has 4 amide bonds. The van der Waals surface area contributed by atoms with Gasteiger partial charge >= 0.3 is 12.2 Å². The summed E-state index contributed by atoms with van der Waals surface area (Å²) in [6, 6.07) is 11.9. The monoisotopic (exact) mass is 610 g/mol. The van der Waals surface area contributed by atoms with Crippen LogP contribution in [0.4, 0.5) is 21.0 Å². The number of hydrogen-bond acceptors (Lipinski definition) is 10. The molecule has 0 unspecified atom stereocenters. The van der Waals surface area contributed by atoms with Crippen LogP contribution in [0.2, 0.25) is 0 Å². The van der Waals surface area contributed by atoms with E-state index in [1.165, 1.54) is 48.5 Å². The lowest BCUT2D eigenvalue weighted by molar-refractivity contribution is -0.484. The van der Waals surface area contributed by atoms with Crippen molar-refractivity contribution in [3.8, 4) is 0 Å². The molecule has 0 spiro atoms. The largest absolute Gasteiger partial charge is 0.443 e. The maximum atomic E-state index is 14.9. The van der Waals surface area contributed by atoms with Crippen LogP contribution in [0, 0.1) is 20.2 Å². The van der Waals surface area contributed by atoms with Crippen LogP contribution in [0.25, 0.3) is 0 Å². The zero-order valence-electron chi connectivity index (χ0n) is 25.3. The number of carbonyl (C=O) groups is 4. The van der Waals surface area contributed by atoms with Crippen LogP contribution in [0.1, 0.15) is 65.5 Å². The minimum absolute atomic E-state index is 0.0107. The minimum atomic E-state index is -2.24. The van der Waals surface area contributed by atoms with E-state index < -0.39 is 81.8 Å². The molecular formula is C30H34N4O10. The Hall–Kier alpha value is -4.88. The Bertz CT molecular complexity index is 1440. The van der Waals surface area contributed by atoms with Gasteiger partial charge in [-0.3, -0.25) is 29.8 Å². The maximum absolute atomic E-state index is 14.9. The minimum Gasteiger partial charge on any atom is -0.443 e. The van der Waals surface area contributed by atoms with Gasteiger partial charge in [-0.1, -0.05) is 36.4 Å². The molecule has 0 radical (unpaired) electrons. The van der Waals surface area contributed by atoms with E-state index in [0.29, 0.717) is 0 Å². The zero-order chi connectivity index (χ0) is 32.8. The van der Waals surface area contributed by atoms with Gasteiger partial charge in [0.25, 0.3) is 0 Å².